The van der Waals surface area contributed by atoms with E-state index in [0.717, 1.165) is 0 Å². The minimum atomic E-state index is -1.60. The number of aliphatic hydroxyl groups is 2. The van der Waals surface area contributed by atoms with Gasteiger partial charge < -0.3 is 15.9 Å². The maximum atomic E-state index is 12.9. The van der Waals surface area contributed by atoms with Crippen LogP contribution in [0.25, 0.3) is 0 Å². The Labute approximate surface area is 75.6 Å². The molecule has 0 radical (unpaired) electrons. The Morgan fingerprint density at radius 2 is 2.08 bits per heavy atom. The van der Waals surface area contributed by atoms with Crippen LogP contribution in [0.4, 0.5) is 10.1 Å². The Balaban J connectivity index is 3.25. The molecule has 0 amide bonds. The van der Waals surface area contributed by atoms with Gasteiger partial charge in [-0.15, -0.1) is 0 Å². The van der Waals surface area contributed by atoms with Crippen molar-refractivity contribution in [1.29, 1.82) is 0 Å². The Hall–Kier alpha value is -1.13. The second-order valence-corrected chi connectivity index (χ2v) is 2.80. The predicted molar refractivity (Wildman–Crippen MR) is 47.4 cm³/mol. The lowest BCUT2D eigenvalue weighted by Crippen LogP contribution is -2.03. The van der Waals surface area contributed by atoms with Crippen molar-refractivity contribution < 1.29 is 14.6 Å². The second-order valence-electron chi connectivity index (χ2n) is 2.80. The molecule has 1 rings (SSSR count). The van der Waals surface area contributed by atoms with Gasteiger partial charge in [0.25, 0.3) is 0 Å². The average Bonchev–Trinajstić information content (AvgIpc) is 2.08. The molecule has 0 bridgehead atoms. The molecule has 0 aromatic heterocycles. The molecule has 0 saturated carbocycles. The van der Waals surface area contributed by atoms with Gasteiger partial charge in [-0.25, -0.2) is 4.39 Å². The van der Waals surface area contributed by atoms with Crippen molar-refractivity contribution in [3.63, 3.8) is 0 Å². The van der Waals surface area contributed by atoms with Crippen molar-refractivity contribution >= 4 is 5.69 Å². The molecule has 0 saturated heterocycles. The van der Waals surface area contributed by atoms with E-state index in [-0.39, 0.29) is 11.3 Å². The molecule has 0 atom stereocenters. The summed E-state index contributed by atoms with van der Waals surface area (Å²) in [6.45, 7) is 1.80. The zero-order valence-corrected chi connectivity index (χ0v) is 7.29. The highest BCUT2D eigenvalue weighted by Crippen LogP contribution is 2.22. The van der Waals surface area contributed by atoms with Gasteiger partial charge in [-0.3, -0.25) is 0 Å². The fraction of sp³-hybridized carbons (Fsp3) is 0.333. The quantitative estimate of drug-likeness (QED) is 0.474. The Bertz CT molecular complexity index is 313. The number of nitrogen functional groups attached to an aromatic ring is 1. The van der Waals surface area contributed by atoms with Gasteiger partial charge in [-0.1, -0.05) is 6.92 Å². The van der Waals surface area contributed by atoms with E-state index in [4.69, 9.17) is 15.9 Å². The standard InChI is InChI=1S/C9H12FNO2/c1-2-5-3-7(10)8(11)4-6(5)9(12)13/h3-4,9,12-13H,2,11H2,1H3. The van der Waals surface area contributed by atoms with Crippen LogP contribution in [0.15, 0.2) is 12.1 Å². The second kappa shape index (κ2) is 3.72. The normalized spacial score (nSPS) is 10.8. The van der Waals surface area contributed by atoms with Crippen LogP contribution in [0.1, 0.15) is 24.3 Å². The maximum Gasteiger partial charge on any atom is 0.178 e. The van der Waals surface area contributed by atoms with E-state index in [9.17, 15) is 4.39 Å². The number of aliphatic hydroxyl groups excluding tert-OH is 1. The van der Waals surface area contributed by atoms with Crippen LogP contribution in [0, 0.1) is 5.82 Å². The van der Waals surface area contributed by atoms with Crippen LogP contribution >= 0.6 is 0 Å². The highest BCUT2D eigenvalue weighted by atomic mass is 19.1. The molecule has 0 heterocycles. The van der Waals surface area contributed by atoms with Gasteiger partial charge in [0.1, 0.15) is 5.82 Å². The molecule has 0 fully saturated rings. The summed E-state index contributed by atoms with van der Waals surface area (Å²) in [5.41, 5.74) is 6.04. The lowest BCUT2D eigenvalue weighted by atomic mass is 10.0. The minimum absolute atomic E-state index is 0.0692. The zero-order valence-electron chi connectivity index (χ0n) is 7.29. The fourth-order valence-electron chi connectivity index (χ4n) is 1.20. The molecule has 1 aromatic carbocycles. The van der Waals surface area contributed by atoms with E-state index in [2.05, 4.69) is 0 Å². The molecule has 0 aliphatic heterocycles. The number of aryl methyl sites for hydroxylation is 1. The van der Waals surface area contributed by atoms with Crippen molar-refractivity contribution in [3.05, 3.63) is 29.1 Å². The van der Waals surface area contributed by atoms with E-state index >= 15 is 0 Å². The summed E-state index contributed by atoms with van der Waals surface area (Å²) in [5, 5.41) is 17.9. The maximum absolute atomic E-state index is 12.9. The lowest BCUT2D eigenvalue weighted by Gasteiger charge is -2.11. The number of hydrogen-bond donors (Lipinski definition) is 3. The molecule has 72 valence electrons. The first kappa shape index (κ1) is 9.95. The van der Waals surface area contributed by atoms with E-state index in [0.29, 0.717) is 12.0 Å². The number of halogens is 1. The summed E-state index contributed by atoms with van der Waals surface area (Å²) in [4.78, 5) is 0. The Morgan fingerprint density at radius 1 is 1.46 bits per heavy atom. The number of anilines is 1. The summed E-state index contributed by atoms with van der Waals surface area (Å²) >= 11 is 0. The third-order valence-corrected chi connectivity index (χ3v) is 1.92. The van der Waals surface area contributed by atoms with Crippen LogP contribution < -0.4 is 5.73 Å². The predicted octanol–water partition coefficient (Wildman–Crippen LogP) is 0.953. The van der Waals surface area contributed by atoms with Crippen LogP contribution in [-0.4, -0.2) is 10.2 Å². The summed E-state index contributed by atoms with van der Waals surface area (Å²) < 4.78 is 12.9. The number of hydrogen-bond acceptors (Lipinski definition) is 3. The van der Waals surface area contributed by atoms with Gasteiger partial charge in [0.15, 0.2) is 6.29 Å². The van der Waals surface area contributed by atoms with Crippen LogP contribution in [0.2, 0.25) is 0 Å². The molecule has 1 aromatic rings. The van der Waals surface area contributed by atoms with Crippen molar-refractivity contribution in [3.8, 4) is 0 Å². The molecular weight excluding hydrogens is 173 g/mol. The highest BCUT2D eigenvalue weighted by Gasteiger charge is 2.11. The van der Waals surface area contributed by atoms with E-state index < -0.39 is 12.1 Å². The summed E-state index contributed by atoms with van der Waals surface area (Å²) in [6.07, 6.45) is -1.07. The number of nitrogens with two attached hydrogens (primary N) is 1. The topological polar surface area (TPSA) is 66.5 Å². The van der Waals surface area contributed by atoms with Crippen LogP contribution in [0.5, 0.6) is 0 Å². The van der Waals surface area contributed by atoms with Crippen LogP contribution in [0.3, 0.4) is 0 Å². The molecule has 0 aliphatic carbocycles. The summed E-state index contributed by atoms with van der Waals surface area (Å²) in [5.74, 6) is -0.527. The van der Waals surface area contributed by atoms with E-state index in [1.165, 1.54) is 12.1 Å². The molecule has 0 unspecified atom stereocenters. The number of rotatable bonds is 2. The first-order valence-electron chi connectivity index (χ1n) is 4.00. The first-order valence-corrected chi connectivity index (χ1v) is 4.00. The first-order chi connectivity index (χ1) is 6.06. The smallest absolute Gasteiger partial charge is 0.178 e. The highest BCUT2D eigenvalue weighted by molar-refractivity contribution is 5.46. The summed E-state index contributed by atoms with van der Waals surface area (Å²) in [7, 11) is 0. The Kier molecular flexibility index (Phi) is 2.85. The molecule has 0 aliphatic rings. The largest absolute Gasteiger partial charge is 0.396 e. The number of benzene rings is 1. The minimum Gasteiger partial charge on any atom is -0.396 e. The van der Waals surface area contributed by atoms with Gasteiger partial charge in [0.2, 0.25) is 0 Å². The third-order valence-electron chi connectivity index (χ3n) is 1.92. The molecular formula is C9H12FNO2. The zero-order chi connectivity index (χ0) is 10.0. The van der Waals surface area contributed by atoms with Crippen molar-refractivity contribution in [2.24, 2.45) is 0 Å². The van der Waals surface area contributed by atoms with Crippen molar-refractivity contribution in [2.45, 2.75) is 19.6 Å². The SMILES string of the molecule is CCc1cc(F)c(N)cc1C(O)O. The van der Waals surface area contributed by atoms with Gasteiger partial charge in [0.05, 0.1) is 5.69 Å². The Morgan fingerprint density at radius 3 is 2.54 bits per heavy atom. The van der Waals surface area contributed by atoms with Crippen LogP contribution in [-0.2, 0) is 6.42 Å². The fourth-order valence-corrected chi connectivity index (χ4v) is 1.20. The summed E-state index contributed by atoms with van der Waals surface area (Å²) in [6, 6.07) is 2.48. The van der Waals surface area contributed by atoms with Crippen molar-refractivity contribution in [1.82, 2.24) is 0 Å². The van der Waals surface area contributed by atoms with Gasteiger partial charge >= 0.3 is 0 Å². The van der Waals surface area contributed by atoms with Gasteiger partial charge in [-0.2, -0.15) is 0 Å². The average molecular weight is 185 g/mol. The lowest BCUT2D eigenvalue weighted by molar-refractivity contribution is -0.0430. The van der Waals surface area contributed by atoms with Crippen molar-refractivity contribution in [2.75, 3.05) is 5.73 Å². The monoisotopic (exact) mass is 185 g/mol. The molecule has 4 N–H and O–H groups in total. The van der Waals surface area contributed by atoms with Gasteiger partial charge in [0, 0.05) is 5.56 Å². The van der Waals surface area contributed by atoms with E-state index in [1.807, 2.05) is 0 Å². The molecule has 3 nitrogen and oxygen atoms in total. The third kappa shape index (κ3) is 1.96. The molecule has 13 heavy (non-hydrogen) atoms. The molecule has 4 heteroatoms. The van der Waals surface area contributed by atoms with E-state index in [1.54, 1.807) is 6.92 Å². The molecule has 0 spiro atoms. The van der Waals surface area contributed by atoms with Gasteiger partial charge in [-0.05, 0) is 24.1 Å².